The van der Waals surface area contributed by atoms with Crippen molar-refractivity contribution in [1.29, 1.82) is 0 Å². The monoisotopic (exact) mass is 516 g/mol. The fourth-order valence-corrected chi connectivity index (χ4v) is 4.86. The summed E-state index contributed by atoms with van der Waals surface area (Å²) in [5.41, 5.74) is 2.64. The van der Waals surface area contributed by atoms with E-state index in [4.69, 9.17) is 27.9 Å². The van der Waals surface area contributed by atoms with Gasteiger partial charge in [-0.2, -0.15) is 0 Å². The predicted molar refractivity (Wildman–Crippen MR) is 136 cm³/mol. The third-order valence-electron chi connectivity index (χ3n) is 5.20. The summed E-state index contributed by atoms with van der Waals surface area (Å²) >= 11 is 13.2. The minimum absolute atomic E-state index is 0.166. The number of nitrogens with zero attached hydrogens (tertiary/aromatic N) is 2. The van der Waals surface area contributed by atoms with Crippen molar-refractivity contribution in [3.63, 3.8) is 0 Å². The molecule has 3 aromatic rings. The molecule has 0 aliphatic carbocycles. The van der Waals surface area contributed by atoms with Crippen molar-refractivity contribution in [2.45, 2.75) is 20.4 Å². The molecule has 0 unspecified atom stereocenters. The molecule has 0 N–H and O–H groups in total. The molecule has 1 fully saturated rings. The molecule has 0 atom stereocenters. The second-order valence-electron chi connectivity index (χ2n) is 8.31. The van der Waals surface area contributed by atoms with Crippen molar-refractivity contribution in [3.05, 3.63) is 74.7 Å². The molecule has 1 aliphatic heterocycles. The molecular formula is C25H22Cl2N2O4S. The van der Waals surface area contributed by atoms with Crippen LogP contribution < -0.4 is 0 Å². The summed E-state index contributed by atoms with van der Waals surface area (Å²) < 4.78 is 7.15. The Hall–Kier alpha value is -2.74. The van der Waals surface area contributed by atoms with E-state index < -0.39 is 23.7 Å². The van der Waals surface area contributed by atoms with Crippen molar-refractivity contribution < 1.29 is 19.1 Å². The number of hydrogen-bond donors (Lipinski definition) is 0. The van der Waals surface area contributed by atoms with Crippen LogP contribution in [0.1, 0.15) is 25.0 Å². The average molecular weight is 517 g/mol. The molecule has 6 nitrogen and oxygen atoms in total. The van der Waals surface area contributed by atoms with E-state index in [1.165, 1.54) is 0 Å². The summed E-state index contributed by atoms with van der Waals surface area (Å²) in [6.07, 6.45) is 3.60. The number of hydrogen-bond acceptors (Lipinski definition) is 5. The Morgan fingerprint density at radius 3 is 2.65 bits per heavy atom. The molecule has 2 amide bonds. The van der Waals surface area contributed by atoms with Gasteiger partial charge in [0.25, 0.3) is 11.1 Å². The number of aromatic nitrogens is 1. The number of carbonyl (C=O) groups excluding carboxylic acids is 3. The summed E-state index contributed by atoms with van der Waals surface area (Å²) in [6, 6.07) is 13.1. The molecule has 0 radical (unpaired) electrons. The lowest BCUT2D eigenvalue weighted by molar-refractivity contribution is -0.147. The first kappa shape index (κ1) is 24.4. The van der Waals surface area contributed by atoms with E-state index in [9.17, 15) is 14.4 Å². The maximum absolute atomic E-state index is 12.9. The minimum atomic E-state index is -0.603. The van der Waals surface area contributed by atoms with E-state index in [0.29, 0.717) is 16.6 Å². The summed E-state index contributed by atoms with van der Waals surface area (Å²) in [6.45, 7) is 4.17. The number of para-hydroxylation sites is 1. The first-order valence-corrected chi connectivity index (χ1v) is 12.2. The van der Waals surface area contributed by atoms with Crippen LogP contribution in [0.5, 0.6) is 0 Å². The molecule has 2 aromatic carbocycles. The minimum Gasteiger partial charge on any atom is -0.464 e. The zero-order valence-corrected chi connectivity index (χ0v) is 20.9. The second kappa shape index (κ2) is 10.3. The van der Waals surface area contributed by atoms with Gasteiger partial charge in [0, 0.05) is 39.3 Å². The number of imide groups is 1. The van der Waals surface area contributed by atoms with Crippen LogP contribution in [0.4, 0.5) is 4.79 Å². The van der Waals surface area contributed by atoms with E-state index in [1.807, 2.05) is 54.9 Å². The number of fused-ring (bicyclic) bond motifs is 1. The molecule has 2 heterocycles. The zero-order valence-electron chi connectivity index (χ0n) is 18.6. The van der Waals surface area contributed by atoms with E-state index in [1.54, 1.807) is 18.2 Å². The number of amides is 2. The highest BCUT2D eigenvalue weighted by atomic mass is 35.5. The summed E-state index contributed by atoms with van der Waals surface area (Å²) in [4.78, 5) is 38.5. The Balaban J connectivity index is 1.60. The van der Waals surface area contributed by atoms with Gasteiger partial charge in [-0.1, -0.05) is 61.3 Å². The molecule has 0 bridgehead atoms. The molecule has 1 aromatic heterocycles. The normalized spacial score (nSPS) is 15.2. The van der Waals surface area contributed by atoms with Crippen molar-refractivity contribution in [2.24, 2.45) is 5.92 Å². The van der Waals surface area contributed by atoms with E-state index >= 15 is 0 Å². The highest BCUT2D eigenvalue weighted by molar-refractivity contribution is 8.18. The number of carbonyl (C=O) groups is 3. The van der Waals surface area contributed by atoms with Crippen LogP contribution in [0.2, 0.25) is 10.0 Å². The molecule has 34 heavy (non-hydrogen) atoms. The molecular weight excluding hydrogens is 495 g/mol. The molecule has 176 valence electrons. The number of thioether (sulfide) groups is 1. The Morgan fingerprint density at radius 1 is 1.15 bits per heavy atom. The standard InChI is InChI=1S/C25H22Cl2N2O4S/c1-15(2)14-33-23(30)13-29-24(31)22(34-25(29)32)9-17-12-28(21-6-4-3-5-19(17)21)11-16-7-8-18(26)10-20(16)27/h3-10,12,15H,11,13-14H2,1-2H3/b22-9+. The van der Waals surface area contributed by atoms with Crippen LogP contribution in [0.25, 0.3) is 17.0 Å². The molecule has 9 heteroatoms. The van der Waals surface area contributed by atoms with E-state index in [-0.39, 0.29) is 17.4 Å². The Labute approximate surface area is 211 Å². The Morgan fingerprint density at radius 2 is 1.91 bits per heavy atom. The SMILES string of the molecule is CC(C)COC(=O)CN1C(=O)S/C(=C/c2cn(Cc3ccc(Cl)cc3Cl)c3ccccc23)C1=O. The van der Waals surface area contributed by atoms with Gasteiger partial charge in [-0.15, -0.1) is 0 Å². The highest BCUT2D eigenvalue weighted by Crippen LogP contribution is 2.34. The van der Waals surface area contributed by atoms with Gasteiger partial charge in [0.05, 0.1) is 11.5 Å². The number of esters is 1. The number of rotatable bonds is 7. The summed E-state index contributed by atoms with van der Waals surface area (Å²) in [7, 11) is 0. The van der Waals surface area contributed by atoms with Crippen LogP contribution in [-0.4, -0.2) is 39.7 Å². The Kier molecular flexibility index (Phi) is 7.36. The second-order valence-corrected chi connectivity index (χ2v) is 10.1. The third-order valence-corrected chi connectivity index (χ3v) is 6.69. The first-order chi connectivity index (χ1) is 16.2. The van der Waals surface area contributed by atoms with Crippen LogP contribution in [0.3, 0.4) is 0 Å². The lowest BCUT2D eigenvalue weighted by atomic mass is 10.1. The van der Waals surface area contributed by atoms with Crippen molar-refractivity contribution in [1.82, 2.24) is 9.47 Å². The van der Waals surface area contributed by atoms with Crippen LogP contribution in [0, 0.1) is 5.92 Å². The van der Waals surface area contributed by atoms with Gasteiger partial charge in [-0.3, -0.25) is 19.3 Å². The van der Waals surface area contributed by atoms with Gasteiger partial charge in [0.2, 0.25) is 0 Å². The predicted octanol–water partition coefficient (Wildman–Crippen LogP) is 6.23. The number of ether oxygens (including phenoxy) is 1. The fourth-order valence-electron chi connectivity index (χ4n) is 3.57. The maximum Gasteiger partial charge on any atom is 0.326 e. The topological polar surface area (TPSA) is 68.6 Å². The molecule has 1 saturated heterocycles. The van der Waals surface area contributed by atoms with Gasteiger partial charge in [0.1, 0.15) is 6.54 Å². The first-order valence-electron chi connectivity index (χ1n) is 10.7. The quantitative estimate of drug-likeness (QED) is 0.275. The molecule has 4 rings (SSSR count). The smallest absolute Gasteiger partial charge is 0.326 e. The molecule has 1 aliphatic rings. The fraction of sp³-hybridized carbons (Fsp3) is 0.240. The zero-order chi connectivity index (χ0) is 24.4. The highest BCUT2D eigenvalue weighted by Gasteiger charge is 2.36. The van der Waals surface area contributed by atoms with Gasteiger partial charge in [-0.05, 0) is 47.5 Å². The van der Waals surface area contributed by atoms with Crippen LogP contribution >= 0.6 is 35.0 Å². The van der Waals surface area contributed by atoms with Gasteiger partial charge in [0.15, 0.2) is 0 Å². The molecule has 0 spiro atoms. The van der Waals surface area contributed by atoms with E-state index in [0.717, 1.165) is 38.7 Å². The van der Waals surface area contributed by atoms with Crippen molar-refractivity contribution in [3.8, 4) is 0 Å². The Bertz CT molecular complexity index is 1320. The van der Waals surface area contributed by atoms with Crippen LogP contribution in [0.15, 0.2) is 53.6 Å². The van der Waals surface area contributed by atoms with Gasteiger partial charge in [-0.25, -0.2) is 0 Å². The van der Waals surface area contributed by atoms with Gasteiger partial charge >= 0.3 is 5.97 Å². The third kappa shape index (κ3) is 5.32. The summed E-state index contributed by atoms with van der Waals surface area (Å²) in [5.74, 6) is -0.943. The largest absolute Gasteiger partial charge is 0.464 e. The summed E-state index contributed by atoms with van der Waals surface area (Å²) in [5, 5.41) is 1.57. The van der Waals surface area contributed by atoms with Gasteiger partial charge < -0.3 is 9.30 Å². The molecule has 0 saturated carbocycles. The average Bonchev–Trinajstić information content (AvgIpc) is 3.26. The van der Waals surface area contributed by atoms with Crippen LogP contribution in [-0.2, 0) is 20.9 Å². The number of benzene rings is 2. The lowest BCUT2D eigenvalue weighted by Gasteiger charge is -2.12. The van der Waals surface area contributed by atoms with Crippen molar-refractivity contribution >= 4 is 69.1 Å². The van der Waals surface area contributed by atoms with Crippen molar-refractivity contribution in [2.75, 3.05) is 13.2 Å². The maximum atomic E-state index is 12.9. The number of halogens is 2. The van der Waals surface area contributed by atoms with E-state index in [2.05, 4.69) is 0 Å². The lowest BCUT2D eigenvalue weighted by Crippen LogP contribution is -2.34.